The van der Waals surface area contributed by atoms with Crippen molar-refractivity contribution in [1.29, 1.82) is 0 Å². The van der Waals surface area contributed by atoms with E-state index in [1.54, 1.807) is 0 Å². The van der Waals surface area contributed by atoms with Crippen LogP contribution in [0.2, 0.25) is 0 Å². The highest BCUT2D eigenvalue weighted by atomic mass is 32.2. The Balaban J connectivity index is 2.05. The highest BCUT2D eigenvalue weighted by molar-refractivity contribution is 8.00. The molecule has 0 radical (unpaired) electrons. The number of anilines is 1. The van der Waals surface area contributed by atoms with E-state index in [2.05, 4.69) is 24.4 Å². The number of carbonyl (C=O) groups is 1. The SMILES string of the molecule is CCC1CCCCC1Nc1ccccc1SCC(N)=O. The summed E-state index contributed by atoms with van der Waals surface area (Å²) in [6.45, 7) is 2.28. The zero-order valence-corrected chi connectivity index (χ0v) is 12.9. The Morgan fingerprint density at radius 3 is 2.85 bits per heavy atom. The molecule has 3 N–H and O–H groups in total. The van der Waals surface area contributed by atoms with Crippen molar-refractivity contribution in [1.82, 2.24) is 0 Å². The monoisotopic (exact) mass is 292 g/mol. The lowest BCUT2D eigenvalue weighted by molar-refractivity contribution is -0.115. The van der Waals surface area contributed by atoms with Crippen LogP contribution in [0.3, 0.4) is 0 Å². The Labute approximate surface area is 125 Å². The van der Waals surface area contributed by atoms with Crippen LogP contribution in [0.25, 0.3) is 0 Å². The van der Waals surface area contributed by atoms with Crippen molar-refractivity contribution in [3.63, 3.8) is 0 Å². The summed E-state index contributed by atoms with van der Waals surface area (Å²) in [4.78, 5) is 12.1. The molecule has 1 saturated carbocycles. The van der Waals surface area contributed by atoms with Gasteiger partial charge >= 0.3 is 0 Å². The van der Waals surface area contributed by atoms with E-state index < -0.39 is 0 Å². The number of carbonyl (C=O) groups excluding carboxylic acids is 1. The van der Waals surface area contributed by atoms with Crippen molar-refractivity contribution in [2.24, 2.45) is 11.7 Å². The van der Waals surface area contributed by atoms with Crippen LogP contribution in [-0.2, 0) is 4.79 Å². The minimum absolute atomic E-state index is 0.270. The number of nitrogens with two attached hydrogens (primary N) is 1. The normalized spacial score (nSPS) is 22.4. The number of thioether (sulfide) groups is 1. The van der Waals surface area contributed by atoms with Gasteiger partial charge in [0, 0.05) is 16.6 Å². The van der Waals surface area contributed by atoms with Crippen LogP contribution in [0.5, 0.6) is 0 Å². The average molecular weight is 292 g/mol. The minimum Gasteiger partial charge on any atom is -0.381 e. The minimum atomic E-state index is -0.270. The molecule has 110 valence electrons. The predicted molar refractivity (Wildman–Crippen MR) is 86.0 cm³/mol. The third-order valence-corrected chi connectivity index (χ3v) is 5.13. The lowest BCUT2D eigenvalue weighted by Gasteiger charge is -2.32. The van der Waals surface area contributed by atoms with Crippen molar-refractivity contribution in [3.8, 4) is 0 Å². The summed E-state index contributed by atoms with van der Waals surface area (Å²) in [7, 11) is 0. The molecule has 0 heterocycles. The second kappa shape index (κ2) is 7.58. The van der Waals surface area contributed by atoms with Gasteiger partial charge in [-0.15, -0.1) is 11.8 Å². The Kier molecular flexibility index (Phi) is 5.77. The summed E-state index contributed by atoms with van der Waals surface area (Å²) in [6, 6.07) is 8.77. The molecule has 2 atom stereocenters. The van der Waals surface area contributed by atoms with Gasteiger partial charge in [-0.25, -0.2) is 0 Å². The number of hydrogen-bond acceptors (Lipinski definition) is 3. The van der Waals surface area contributed by atoms with Crippen LogP contribution >= 0.6 is 11.8 Å². The second-order valence-electron chi connectivity index (χ2n) is 5.45. The highest BCUT2D eigenvalue weighted by Gasteiger charge is 2.23. The highest BCUT2D eigenvalue weighted by Crippen LogP contribution is 2.33. The van der Waals surface area contributed by atoms with Crippen molar-refractivity contribution in [3.05, 3.63) is 24.3 Å². The van der Waals surface area contributed by atoms with Crippen molar-refractivity contribution in [2.75, 3.05) is 11.1 Å². The Morgan fingerprint density at radius 2 is 2.10 bits per heavy atom. The number of hydrogen-bond donors (Lipinski definition) is 2. The molecule has 20 heavy (non-hydrogen) atoms. The molecular formula is C16H24N2OS. The first-order valence-corrected chi connectivity index (χ1v) is 8.46. The molecule has 1 aromatic carbocycles. The fraction of sp³-hybridized carbons (Fsp3) is 0.562. The first kappa shape index (κ1) is 15.2. The van der Waals surface area contributed by atoms with E-state index in [1.807, 2.05) is 12.1 Å². The number of nitrogens with one attached hydrogen (secondary N) is 1. The van der Waals surface area contributed by atoms with E-state index in [-0.39, 0.29) is 5.91 Å². The molecule has 0 aromatic heterocycles. The van der Waals surface area contributed by atoms with Crippen LogP contribution in [0.4, 0.5) is 5.69 Å². The Bertz CT molecular complexity index is 450. The average Bonchev–Trinajstić information content (AvgIpc) is 2.47. The lowest BCUT2D eigenvalue weighted by atomic mass is 9.83. The van der Waals surface area contributed by atoms with Crippen LogP contribution in [0.1, 0.15) is 39.0 Å². The van der Waals surface area contributed by atoms with E-state index in [0.29, 0.717) is 11.8 Å². The summed E-state index contributed by atoms with van der Waals surface area (Å²) in [5, 5.41) is 3.70. The zero-order chi connectivity index (χ0) is 14.4. The van der Waals surface area contributed by atoms with E-state index in [1.165, 1.54) is 43.9 Å². The molecule has 1 amide bonds. The first-order valence-electron chi connectivity index (χ1n) is 7.47. The summed E-state index contributed by atoms with van der Waals surface area (Å²) in [5.74, 6) is 0.826. The third kappa shape index (κ3) is 4.17. The van der Waals surface area contributed by atoms with Crippen LogP contribution in [0.15, 0.2) is 29.2 Å². The Hall–Kier alpha value is -1.16. The summed E-state index contributed by atoms with van der Waals surface area (Å²) < 4.78 is 0. The van der Waals surface area contributed by atoms with E-state index in [4.69, 9.17) is 5.73 Å². The number of primary amides is 1. The molecule has 0 saturated heterocycles. The van der Waals surface area contributed by atoms with Crippen molar-refractivity contribution >= 4 is 23.4 Å². The van der Waals surface area contributed by atoms with Gasteiger partial charge in [-0.1, -0.05) is 38.3 Å². The maximum Gasteiger partial charge on any atom is 0.227 e. The van der Waals surface area contributed by atoms with Crippen LogP contribution in [0, 0.1) is 5.92 Å². The van der Waals surface area contributed by atoms with Gasteiger partial charge in [-0.2, -0.15) is 0 Å². The molecule has 1 aliphatic carbocycles. The van der Waals surface area contributed by atoms with Gasteiger partial charge in [0.25, 0.3) is 0 Å². The molecule has 4 heteroatoms. The van der Waals surface area contributed by atoms with Gasteiger partial charge < -0.3 is 11.1 Å². The topological polar surface area (TPSA) is 55.1 Å². The maximum atomic E-state index is 11.0. The molecule has 0 spiro atoms. The van der Waals surface area contributed by atoms with Gasteiger partial charge in [-0.3, -0.25) is 4.79 Å². The fourth-order valence-corrected chi connectivity index (χ4v) is 3.70. The van der Waals surface area contributed by atoms with Gasteiger partial charge in [-0.05, 0) is 30.9 Å². The smallest absolute Gasteiger partial charge is 0.227 e. The second-order valence-corrected chi connectivity index (χ2v) is 6.47. The van der Waals surface area contributed by atoms with E-state index in [9.17, 15) is 4.79 Å². The molecular weight excluding hydrogens is 268 g/mol. The zero-order valence-electron chi connectivity index (χ0n) is 12.1. The largest absolute Gasteiger partial charge is 0.381 e. The van der Waals surface area contributed by atoms with Crippen LogP contribution < -0.4 is 11.1 Å². The summed E-state index contributed by atoms with van der Waals surface area (Å²) >= 11 is 1.52. The van der Waals surface area contributed by atoms with Gasteiger partial charge in [0.15, 0.2) is 0 Å². The number of rotatable bonds is 6. The van der Waals surface area contributed by atoms with Crippen LogP contribution in [-0.4, -0.2) is 17.7 Å². The molecule has 0 aliphatic heterocycles. The maximum absolute atomic E-state index is 11.0. The molecule has 1 fully saturated rings. The molecule has 2 rings (SSSR count). The van der Waals surface area contributed by atoms with E-state index >= 15 is 0 Å². The predicted octanol–water partition coefficient (Wildman–Crippen LogP) is 3.64. The third-order valence-electron chi connectivity index (χ3n) is 4.03. The van der Waals surface area contributed by atoms with Gasteiger partial charge in [0.05, 0.1) is 5.75 Å². The number of amides is 1. The first-order chi connectivity index (χ1) is 9.70. The van der Waals surface area contributed by atoms with Gasteiger partial charge in [0.2, 0.25) is 5.91 Å². The molecule has 3 nitrogen and oxygen atoms in total. The Morgan fingerprint density at radius 1 is 1.35 bits per heavy atom. The summed E-state index contributed by atoms with van der Waals surface area (Å²) in [5.41, 5.74) is 6.38. The molecule has 2 unspecified atom stereocenters. The molecule has 0 bridgehead atoms. The lowest BCUT2D eigenvalue weighted by Crippen LogP contribution is -2.32. The van der Waals surface area contributed by atoms with Crippen molar-refractivity contribution in [2.45, 2.75) is 50.0 Å². The number of para-hydroxylation sites is 1. The summed E-state index contributed by atoms with van der Waals surface area (Å²) in [6.07, 6.45) is 6.46. The number of benzene rings is 1. The van der Waals surface area contributed by atoms with Crippen molar-refractivity contribution < 1.29 is 4.79 Å². The fourth-order valence-electron chi connectivity index (χ4n) is 2.95. The van der Waals surface area contributed by atoms with Gasteiger partial charge in [0.1, 0.15) is 0 Å². The standard InChI is InChI=1S/C16H24N2OS/c1-2-12-7-3-4-8-13(12)18-14-9-5-6-10-15(14)20-11-16(17)19/h5-6,9-10,12-13,18H,2-4,7-8,11H2,1H3,(H2,17,19). The molecule has 1 aliphatic rings. The molecule has 1 aromatic rings. The van der Waals surface area contributed by atoms with E-state index in [0.717, 1.165) is 16.5 Å². The quantitative estimate of drug-likeness (QED) is 0.787.